The van der Waals surface area contributed by atoms with Crippen molar-refractivity contribution >= 4 is 11.6 Å². The van der Waals surface area contributed by atoms with Gasteiger partial charge < -0.3 is 14.6 Å². The predicted octanol–water partition coefficient (Wildman–Crippen LogP) is 4.73. The molecule has 0 saturated heterocycles. The van der Waals surface area contributed by atoms with Crippen molar-refractivity contribution in [2.24, 2.45) is 0 Å². The number of aromatic nitrogens is 2. The number of aryl methyl sites for hydroxylation is 1. The lowest BCUT2D eigenvalue weighted by atomic mass is 10.0. The molecule has 27 heavy (non-hydrogen) atoms. The maximum Gasteiger partial charge on any atom is 0.573 e. The third-order valence-corrected chi connectivity index (χ3v) is 5.21. The van der Waals surface area contributed by atoms with Crippen LogP contribution in [0.1, 0.15) is 48.3 Å². The van der Waals surface area contributed by atoms with Gasteiger partial charge in [-0.2, -0.15) is 0 Å². The van der Waals surface area contributed by atoms with Gasteiger partial charge in [-0.3, -0.25) is 0 Å². The zero-order valence-electron chi connectivity index (χ0n) is 14.3. The van der Waals surface area contributed by atoms with Crippen molar-refractivity contribution < 1.29 is 22.3 Å². The summed E-state index contributed by atoms with van der Waals surface area (Å²) in [6.45, 7) is 1.60. The van der Waals surface area contributed by atoms with Crippen molar-refractivity contribution in [2.45, 2.75) is 50.6 Å². The summed E-state index contributed by atoms with van der Waals surface area (Å²) in [5, 5.41) is 3.90. The van der Waals surface area contributed by atoms with Gasteiger partial charge in [0, 0.05) is 19.0 Å². The first-order valence-corrected chi connectivity index (χ1v) is 9.23. The molecule has 2 heterocycles. The Morgan fingerprint density at radius 2 is 2.07 bits per heavy atom. The van der Waals surface area contributed by atoms with Crippen molar-refractivity contribution in [1.29, 1.82) is 0 Å². The number of alkyl halides is 3. The highest BCUT2D eigenvalue weighted by atomic mass is 35.5. The molecule has 1 fully saturated rings. The first-order chi connectivity index (χ1) is 12.8. The van der Waals surface area contributed by atoms with Crippen LogP contribution in [0.3, 0.4) is 0 Å². The molecule has 1 N–H and O–H groups in total. The van der Waals surface area contributed by atoms with Crippen LogP contribution in [0.4, 0.5) is 17.6 Å². The van der Waals surface area contributed by atoms with Crippen LogP contribution in [0.5, 0.6) is 5.75 Å². The molecule has 1 aliphatic carbocycles. The smallest absolute Gasteiger partial charge is 0.403 e. The molecule has 1 unspecified atom stereocenters. The van der Waals surface area contributed by atoms with Gasteiger partial charge in [-0.1, -0.05) is 17.7 Å². The van der Waals surface area contributed by atoms with Crippen LogP contribution >= 0.6 is 11.6 Å². The van der Waals surface area contributed by atoms with Crippen molar-refractivity contribution in [3.8, 4) is 5.75 Å². The van der Waals surface area contributed by atoms with Crippen LogP contribution in [-0.2, 0) is 13.0 Å². The van der Waals surface area contributed by atoms with Gasteiger partial charge in [-0.15, -0.1) is 13.2 Å². The minimum Gasteiger partial charge on any atom is -0.403 e. The molecule has 2 aliphatic rings. The predicted molar refractivity (Wildman–Crippen MR) is 91.4 cm³/mol. The van der Waals surface area contributed by atoms with E-state index in [1.165, 1.54) is 6.07 Å². The molecule has 1 atom stereocenters. The molecule has 2 aromatic rings. The zero-order valence-corrected chi connectivity index (χ0v) is 15.1. The Labute approximate surface area is 158 Å². The standard InChI is InChI=1S/C18H18ClF4N3O/c19-16-15-13(24-7-8-26(15)17(25-16)11-3-4-11)5-1-10-2-6-14(12(20)9-10)27-18(21,22)23/h2,6,9,11,13,24H,1,3-5,7-8H2. The third-order valence-electron chi connectivity index (χ3n) is 4.93. The first kappa shape index (κ1) is 18.6. The van der Waals surface area contributed by atoms with Crippen molar-refractivity contribution in [1.82, 2.24) is 14.9 Å². The maximum absolute atomic E-state index is 13.9. The summed E-state index contributed by atoms with van der Waals surface area (Å²) in [5.74, 6) is -0.316. The van der Waals surface area contributed by atoms with E-state index >= 15 is 0 Å². The Morgan fingerprint density at radius 3 is 2.74 bits per heavy atom. The van der Waals surface area contributed by atoms with E-state index in [4.69, 9.17) is 11.6 Å². The lowest BCUT2D eigenvalue weighted by Gasteiger charge is -2.27. The minimum atomic E-state index is -4.91. The van der Waals surface area contributed by atoms with E-state index in [9.17, 15) is 17.6 Å². The average molecular weight is 404 g/mol. The van der Waals surface area contributed by atoms with Gasteiger partial charge in [-0.25, -0.2) is 9.37 Å². The van der Waals surface area contributed by atoms with Crippen molar-refractivity contribution in [3.05, 3.63) is 46.3 Å². The fraction of sp³-hybridized carbons (Fsp3) is 0.500. The number of rotatable bonds is 5. The molecule has 0 radical (unpaired) electrons. The second kappa shape index (κ2) is 6.98. The Bertz CT molecular complexity index is 848. The van der Waals surface area contributed by atoms with Gasteiger partial charge in [0.05, 0.1) is 11.7 Å². The number of fused-ring (bicyclic) bond motifs is 1. The molecule has 146 valence electrons. The molecule has 4 nitrogen and oxygen atoms in total. The van der Waals surface area contributed by atoms with E-state index in [0.717, 1.165) is 49.6 Å². The summed E-state index contributed by atoms with van der Waals surface area (Å²) in [5.41, 5.74) is 1.54. The van der Waals surface area contributed by atoms with E-state index < -0.39 is 17.9 Å². The fourth-order valence-electron chi connectivity index (χ4n) is 3.58. The monoisotopic (exact) mass is 403 g/mol. The summed E-state index contributed by atoms with van der Waals surface area (Å²) in [7, 11) is 0. The van der Waals surface area contributed by atoms with E-state index in [0.29, 0.717) is 29.5 Å². The van der Waals surface area contributed by atoms with Crippen LogP contribution in [0.2, 0.25) is 5.15 Å². The Balaban J connectivity index is 1.46. The van der Waals surface area contributed by atoms with Crippen LogP contribution < -0.4 is 10.1 Å². The molecular weight excluding hydrogens is 386 g/mol. The highest BCUT2D eigenvalue weighted by Gasteiger charge is 2.34. The second-order valence-corrected chi connectivity index (χ2v) is 7.29. The van der Waals surface area contributed by atoms with E-state index in [-0.39, 0.29) is 6.04 Å². The van der Waals surface area contributed by atoms with Crippen LogP contribution in [0.25, 0.3) is 0 Å². The molecule has 1 aromatic heterocycles. The highest BCUT2D eigenvalue weighted by Crippen LogP contribution is 2.42. The van der Waals surface area contributed by atoms with Crippen LogP contribution in [-0.4, -0.2) is 22.5 Å². The van der Waals surface area contributed by atoms with Crippen LogP contribution in [0.15, 0.2) is 18.2 Å². The number of ether oxygens (including phenoxy) is 1. The second-order valence-electron chi connectivity index (χ2n) is 6.93. The lowest BCUT2D eigenvalue weighted by Crippen LogP contribution is -2.34. The Morgan fingerprint density at radius 1 is 1.30 bits per heavy atom. The Kier molecular flexibility index (Phi) is 4.80. The lowest BCUT2D eigenvalue weighted by molar-refractivity contribution is -0.275. The van der Waals surface area contributed by atoms with Gasteiger partial charge >= 0.3 is 6.36 Å². The normalized spacial score (nSPS) is 19.8. The SMILES string of the molecule is Fc1cc(CCC2NCCn3c(C4CC4)nc(Cl)c32)ccc1OC(F)(F)F. The molecular formula is C18H18ClF4N3O. The maximum atomic E-state index is 13.9. The summed E-state index contributed by atoms with van der Waals surface area (Å²) in [6.07, 6.45) is -1.52. The number of nitrogens with zero attached hydrogens (tertiary/aromatic N) is 2. The summed E-state index contributed by atoms with van der Waals surface area (Å²) >= 11 is 6.36. The molecule has 0 amide bonds. The van der Waals surface area contributed by atoms with Gasteiger partial charge in [0.15, 0.2) is 16.7 Å². The van der Waals surface area contributed by atoms with Gasteiger partial charge in [-0.05, 0) is 43.4 Å². The average Bonchev–Trinajstić information content (AvgIpc) is 3.38. The van der Waals surface area contributed by atoms with Gasteiger partial charge in [0.1, 0.15) is 5.82 Å². The number of hydrogen-bond acceptors (Lipinski definition) is 3. The molecule has 9 heteroatoms. The summed E-state index contributed by atoms with van der Waals surface area (Å²) in [4.78, 5) is 4.52. The Hall–Kier alpha value is -1.80. The number of halogens is 5. The summed E-state index contributed by atoms with van der Waals surface area (Å²) < 4.78 is 56.4. The van der Waals surface area contributed by atoms with Crippen molar-refractivity contribution in [2.75, 3.05) is 6.54 Å². The molecule has 4 rings (SSSR count). The number of imidazole rings is 1. The van der Waals surface area contributed by atoms with Crippen molar-refractivity contribution in [3.63, 3.8) is 0 Å². The zero-order chi connectivity index (χ0) is 19.2. The molecule has 1 aromatic carbocycles. The molecule has 0 bridgehead atoms. The fourth-order valence-corrected chi connectivity index (χ4v) is 3.90. The van der Waals surface area contributed by atoms with E-state index in [1.807, 2.05) is 0 Å². The minimum absolute atomic E-state index is 0.0274. The summed E-state index contributed by atoms with van der Waals surface area (Å²) in [6, 6.07) is 3.51. The number of benzene rings is 1. The number of nitrogens with one attached hydrogen (secondary N) is 1. The van der Waals surface area contributed by atoms with E-state index in [2.05, 4.69) is 19.6 Å². The largest absolute Gasteiger partial charge is 0.573 e. The quantitative estimate of drug-likeness (QED) is 0.734. The highest BCUT2D eigenvalue weighted by molar-refractivity contribution is 6.30. The third kappa shape index (κ3) is 4.06. The molecule has 1 aliphatic heterocycles. The van der Waals surface area contributed by atoms with Gasteiger partial charge in [0.25, 0.3) is 0 Å². The topological polar surface area (TPSA) is 39.1 Å². The van der Waals surface area contributed by atoms with Crippen LogP contribution in [0, 0.1) is 5.82 Å². The molecule has 1 saturated carbocycles. The van der Waals surface area contributed by atoms with Gasteiger partial charge in [0.2, 0.25) is 0 Å². The first-order valence-electron chi connectivity index (χ1n) is 8.85. The number of hydrogen-bond donors (Lipinski definition) is 1. The molecule has 0 spiro atoms. The van der Waals surface area contributed by atoms with E-state index in [1.54, 1.807) is 0 Å².